The number of methoxy groups -OCH3 is 1. The van der Waals surface area contributed by atoms with Crippen LogP contribution in [0.15, 0.2) is 55.1 Å². The Hall–Kier alpha value is -1.73. The standard InChI is InChI=1S/C15H13ClO/c1-11(12-6-4-3-5-7-12)13-8-9-15(17-2)14(16)10-13/h3-10H,1H2,2H3. The lowest BCUT2D eigenvalue weighted by Crippen LogP contribution is -1.88. The van der Waals surface area contributed by atoms with Crippen LogP contribution in [0.4, 0.5) is 0 Å². The predicted octanol–water partition coefficient (Wildman–Crippen LogP) is 4.41. The first-order valence-corrected chi connectivity index (χ1v) is 5.68. The van der Waals surface area contributed by atoms with Crippen molar-refractivity contribution in [2.45, 2.75) is 0 Å². The molecule has 0 spiro atoms. The molecule has 0 aliphatic carbocycles. The summed E-state index contributed by atoms with van der Waals surface area (Å²) in [6.45, 7) is 4.09. The summed E-state index contributed by atoms with van der Waals surface area (Å²) in [4.78, 5) is 0. The summed E-state index contributed by atoms with van der Waals surface area (Å²) in [5.41, 5.74) is 3.05. The molecule has 0 saturated carbocycles. The second-order valence-electron chi connectivity index (χ2n) is 3.69. The van der Waals surface area contributed by atoms with Gasteiger partial charge >= 0.3 is 0 Å². The number of hydrogen-bond donors (Lipinski definition) is 0. The van der Waals surface area contributed by atoms with E-state index in [1.165, 1.54) is 0 Å². The van der Waals surface area contributed by atoms with Gasteiger partial charge in [-0.05, 0) is 28.8 Å². The fourth-order valence-corrected chi connectivity index (χ4v) is 1.92. The van der Waals surface area contributed by atoms with Crippen molar-refractivity contribution in [3.05, 3.63) is 71.3 Å². The molecule has 2 aromatic carbocycles. The summed E-state index contributed by atoms with van der Waals surface area (Å²) < 4.78 is 5.12. The largest absolute Gasteiger partial charge is 0.495 e. The number of hydrogen-bond acceptors (Lipinski definition) is 1. The van der Waals surface area contributed by atoms with Gasteiger partial charge in [-0.15, -0.1) is 0 Å². The van der Waals surface area contributed by atoms with E-state index in [-0.39, 0.29) is 0 Å². The van der Waals surface area contributed by atoms with Crippen LogP contribution < -0.4 is 4.74 Å². The van der Waals surface area contributed by atoms with Gasteiger partial charge in [0.1, 0.15) is 5.75 Å². The minimum absolute atomic E-state index is 0.599. The van der Waals surface area contributed by atoms with Gasteiger partial charge in [-0.2, -0.15) is 0 Å². The summed E-state index contributed by atoms with van der Waals surface area (Å²) in [5.74, 6) is 0.677. The van der Waals surface area contributed by atoms with Gasteiger partial charge in [-0.3, -0.25) is 0 Å². The summed E-state index contributed by atoms with van der Waals surface area (Å²) >= 11 is 6.09. The predicted molar refractivity (Wildman–Crippen MR) is 72.6 cm³/mol. The highest BCUT2D eigenvalue weighted by Gasteiger charge is 2.05. The molecule has 0 aliphatic heterocycles. The Labute approximate surface area is 106 Å². The third-order valence-electron chi connectivity index (χ3n) is 2.62. The minimum atomic E-state index is 0.599. The maximum atomic E-state index is 6.09. The topological polar surface area (TPSA) is 9.23 Å². The van der Waals surface area contributed by atoms with Crippen LogP contribution in [0, 0.1) is 0 Å². The van der Waals surface area contributed by atoms with Crippen molar-refractivity contribution in [1.29, 1.82) is 0 Å². The quantitative estimate of drug-likeness (QED) is 0.777. The number of halogens is 1. The smallest absolute Gasteiger partial charge is 0.137 e. The van der Waals surface area contributed by atoms with Gasteiger partial charge in [0.2, 0.25) is 0 Å². The SMILES string of the molecule is C=C(c1ccccc1)c1ccc(OC)c(Cl)c1. The van der Waals surface area contributed by atoms with Crippen LogP contribution in [-0.4, -0.2) is 7.11 Å². The maximum absolute atomic E-state index is 6.09. The molecule has 86 valence electrons. The highest BCUT2D eigenvalue weighted by Crippen LogP contribution is 2.29. The summed E-state index contributed by atoms with van der Waals surface area (Å²) in [5, 5.41) is 0.599. The van der Waals surface area contributed by atoms with Crippen LogP contribution in [0.2, 0.25) is 5.02 Å². The van der Waals surface area contributed by atoms with Crippen LogP contribution in [0.5, 0.6) is 5.75 Å². The van der Waals surface area contributed by atoms with Crippen LogP contribution in [0.1, 0.15) is 11.1 Å². The van der Waals surface area contributed by atoms with Crippen molar-refractivity contribution in [3.63, 3.8) is 0 Å². The van der Waals surface area contributed by atoms with Crippen LogP contribution in [0.25, 0.3) is 5.57 Å². The molecular weight excluding hydrogens is 232 g/mol. The number of rotatable bonds is 3. The van der Waals surface area contributed by atoms with E-state index in [9.17, 15) is 0 Å². The van der Waals surface area contributed by atoms with E-state index in [0.717, 1.165) is 16.7 Å². The van der Waals surface area contributed by atoms with Gasteiger partial charge in [-0.25, -0.2) is 0 Å². The molecule has 0 N–H and O–H groups in total. The van der Waals surface area contributed by atoms with E-state index in [2.05, 4.69) is 6.58 Å². The minimum Gasteiger partial charge on any atom is -0.495 e. The van der Waals surface area contributed by atoms with E-state index >= 15 is 0 Å². The van der Waals surface area contributed by atoms with Crippen molar-refractivity contribution >= 4 is 17.2 Å². The Bertz CT molecular complexity index is 532. The first-order chi connectivity index (χ1) is 8.22. The molecule has 0 amide bonds. The third kappa shape index (κ3) is 2.51. The Morgan fingerprint density at radius 1 is 1.06 bits per heavy atom. The monoisotopic (exact) mass is 244 g/mol. The molecule has 0 atom stereocenters. The third-order valence-corrected chi connectivity index (χ3v) is 2.92. The molecule has 2 heteroatoms. The van der Waals surface area contributed by atoms with Crippen molar-refractivity contribution in [2.24, 2.45) is 0 Å². The molecule has 0 bridgehead atoms. The second kappa shape index (κ2) is 5.07. The molecule has 17 heavy (non-hydrogen) atoms. The van der Waals surface area contributed by atoms with Crippen molar-refractivity contribution in [3.8, 4) is 5.75 Å². The second-order valence-corrected chi connectivity index (χ2v) is 4.10. The average Bonchev–Trinajstić information content (AvgIpc) is 2.39. The Morgan fingerprint density at radius 2 is 1.76 bits per heavy atom. The van der Waals surface area contributed by atoms with Crippen LogP contribution in [-0.2, 0) is 0 Å². The highest BCUT2D eigenvalue weighted by atomic mass is 35.5. The fourth-order valence-electron chi connectivity index (χ4n) is 1.66. The summed E-state index contributed by atoms with van der Waals surface area (Å²) in [6, 6.07) is 15.7. The zero-order chi connectivity index (χ0) is 12.3. The van der Waals surface area contributed by atoms with Crippen molar-refractivity contribution in [2.75, 3.05) is 7.11 Å². The first-order valence-electron chi connectivity index (χ1n) is 5.30. The summed E-state index contributed by atoms with van der Waals surface area (Å²) in [7, 11) is 1.60. The molecule has 1 nitrogen and oxygen atoms in total. The van der Waals surface area contributed by atoms with Gasteiger partial charge in [0, 0.05) is 0 Å². The first kappa shape index (κ1) is 11.7. The lowest BCUT2D eigenvalue weighted by molar-refractivity contribution is 0.415. The van der Waals surface area contributed by atoms with Crippen molar-refractivity contribution in [1.82, 2.24) is 0 Å². The van der Waals surface area contributed by atoms with Gasteiger partial charge in [0.25, 0.3) is 0 Å². The van der Waals surface area contributed by atoms with Gasteiger partial charge in [-0.1, -0.05) is 54.6 Å². The van der Waals surface area contributed by atoms with Crippen LogP contribution >= 0.6 is 11.6 Å². The van der Waals surface area contributed by atoms with E-state index in [0.29, 0.717) is 10.8 Å². The molecular formula is C15H13ClO. The zero-order valence-electron chi connectivity index (χ0n) is 9.61. The lowest BCUT2D eigenvalue weighted by atomic mass is 10.00. The average molecular weight is 245 g/mol. The van der Waals surface area contributed by atoms with Gasteiger partial charge in [0.05, 0.1) is 12.1 Å². The van der Waals surface area contributed by atoms with Crippen LogP contribution in [0.3, 0.4) is 0 Å². The van der Waals surface area contributed by atoms with E-state index in [1.54, 1.807) is 7.11 Å². The Kier molecular flexibility index (Phi) is 3.50. The van der Waals surface area contributed by atoms with Gasteiger partial charge in [0.15, 0.2) is 0 Å². The number of ether oxygens (including phenoxy) is 1. The highest BCUT2D eigenvalue weighted by molar-refractivity contribution is 6.32. The summed E-state index contributed by atoms with van der Waals surface area (Å²) in [6.07, 6.45) is 0. The molecule has 2 rings (SSSR count). The molecule has 0 aliphatic rings. The fraction of sp³-hybridized carbons (Fsp3) is 0.0667. The molecule has 0 heterocycles. The lowest BCUT2D eigenvalue weighted by Gasteiger charge is -2.09. The Morgan fingerprint density at radius 3 is 2.35 bits per heavy atom. The number of benzene rings is 2. The molecule has 0 aromatic heterocycles. The molecule has 0 fully saturated rings. The molecule has 0 unspecified atom stereocenters. The van der Waals surface area contributed by atoms with Crippen molar-refractivity contribution < 1.29 is 4.74 Å². The molecule has 0 saturated heterocycles. The maximum Gasteiger partial charge on any atom is 0.137 e. The molecule has 0 radical (unpaired) electrons. The zero-order valence-corrected chi connectivity index (χ0v) is 10.4. The molecule has 2 aromatic rings. The van der Waals surface area contributed by atoms with E-state index in [1.807, 2.05) is 48.5 Å². The van der Waals surface area contributed by atoms with E-state index < -0.39 is 0 Å². The normalized spacial score (nSPS) is 10.0. The van der Waals surface area contributed by atoms with E-state index in [4.69, 9.17) is 16.3 Å². The Balaban J connectivity index is 2.35. The van der Waals surface area contributed by atoms with Gasteiger partial charge < -0.3 is 4.74 Å².